The fourth-order valence-corrected chi connectivity index (χ4v) is 4.93. The molecule has 0 spiro atoms. The molecule has 0 radical (unpaired) electrons. The Bertz CT molecular complexity index is 772. The van der Waals surface area contributed by atoms with Gasteiger partial charge in [0, 0.05) is 19.2 Å². The molecule has 0 N–H and O–H groups in total. The largest absolute Gasteiger partial charge is 0.493 e. The molecule has 8 nitrogen and oxygen atoms in total. The van der Waals surface area contributed by atoms with Crippen LogP contribution in [0.4, 0.5) is 4.79 Å². The molecule has 24 heavy (non-hydrogen) atoms. The Balaban J connectivity index is 1.76. The van der Waals surface area contributed by atoms with Crippen LogP contribution in [0.1, 0.15) is 0 Å². The highest BCUT2D eigenvalue weighted by molar-refractivity contribution is 8.14. The molecule has 130 valence electrons. The minimum Gasteiger partial charge on any atom is -0.493 e. The van der Waals surface area contributed by atoms with E-state index >= 15 is 0 Å². The number of nitrogens with zero attached hydrogens (tertiary/aromatic N) is 2. The van der Waals surface area contributed by atoms with E-state index in [-0.39, 0.29) is 34.9 Å². The molecule has 2 aliphatic heterocycles. The van der Waals surface area contributed by atoms with E-state index in [4.69, 9.17) is 9.47 Å². The Morgan fingerprint density at radius 1 is 1.12 bits per heavy atom. The van der Waals surface area contributed by atoms with Crippen molar-refractivity contribution in [1.29, 1.82) is 0 Å². The zero-order chi connectivity index (χ0) is 17.5. The van der Waals surface area contributed by atoms with E-state index in [1.807, 2.05) is 0 Å². The van der Waals surface area contributed by atoms with Crippen LogP contribution in [-0.4, -0.2) is 67.9 Å². The van der Waals surface area contributed by atoms with E-state index in [2.05, 4.69) is 0 Å². The van der Waals surface area contributed by atoms with Crippen LogP contribution in [-0.2, 0) is 14.8 Å². The van der Waals surface area contributed by atoms with E-state index in [1.165, 1.54) is 36.7 Å². The number of methoxy groups -OCH3 is 2. The number of ether oxygens (including phenoxy) is 2. The summed E-state index contributed by atoms with van der Waals surface area (Å²) in [6.45, 7) is 0.212. The highest BCUT2D eigenvalue weighted by Crippen LogP contribution is 2.33. The average molecular weight is 372 g/mol. The lowest BCUT2D eigenvalue weighted by molar-refractivity contribution is -0.127. The molecule has 0 saturated carbocycles. The molecule has 2 fully saturated rings. The Hall–Kier alpha value is -1.78. The molecule has 0 bridgehead atoms. The molecular weight excluding hydrogens is 356 g/mol. The van der Waals surface area contributed by atoms with Crippen LogP contribution in [0.15, 0.2) is 23.1 Å². The summed E-state index contributed by atoms with van der Waals surface area (Å²) < 4.78 is 36.7. The third kappa shape index (κ3) is 2.74. The summed E-state index contributed by atoms with van der Waals surface area (Å²) in [5.41, 5.74) is 0. The van der Waals surface area contributed by atoms with Crippen molar-refractivity contribution >= 4 is 32.9 Å². The normalized spacial score (nSPS) is 19.5. The van der Waals surface area contributed by atoms with E-state index in [9.17, 15) is 18.0 Å². The highest BCUT2D eigenvalue weighted by Gasteiger charge is 2.46. The first-order chi connectivity index (χ1) is 11.4. The zero-order valence-electron chi connectivity index (χ0n) is 13.1. The van der Waals surface area contributed by atoms with Crippen molar-refractivity contribution in [3.05, 3.63) is 18.2 Å². The lowest BCUT2D eigenvalue weighted by Gasteiger charge is -2.41. The van der Waals surface area contributed by atoms with Crippen molar-refractivity contribution in [2.45, 2.75) is 10.9 Å². The molecular formula is C14H16N2O6S2. The van der Waals surface area contributed by atoms with Crippen LogP contribution in [0.5, 0.6) is 11.5 Å². The van der Waals surface area contributed by atoms with Crippen LogP contribution >= 0.6 is 11.8 Å². The van der Waals surface area contributed by atoms with Gasteiger partial charge in [-0.25, -0.2) is 8.42 Å². The number of hydrogen-bond donors (Lipinski definition) is 0. The second-order valence-corrected chi connectivity index (χ2v) is 8.18. The molecule has 0 aliphatic carbocycles. The monoisotopic (exact) mass is 372 g/mol. The topological polar surface area (TPSA) is 93.2 Å². The molecule has 0 aromatic heterocycles. The minimum absolute atomic E-state index is 0.0760. The van der Waals surface area contributed by atoms with Crippen molar-refractivity contribution < 1.29 is 27.5 Å². The number of imide groups is 1. The fourth-order valence-electron chi connectivity index (χ4n) is 2.62. The molecule has 0 unspecified atom stereocenters. The third-order valence-corrected chi connectivity index (χ3v) is 6.63. The van der Waals surface area contributed by atoms with Gasteiger partial charge in [0.1, 0.15) is 0 Å². The Labute approximate surface area is 143 Å². The predicted octanol–water partition coefficient (Wildman–Crippen LogP) is 0.772. The van der Waals surface area contributed by atoms with Crippen molar-refractivity contribution in [1.82, 2.24) is 9.21 Å². The molecule has 2 saturated heterocycles. The van der Waals surface area contributed by atoms with Gasteiger partial charge < -0.3 is 9.47 Å². The molecule has 1 aromatic carbocycles. The SMILES string of the molecule is COc1ccc(S(=O)(=O)N2CC(N3C(=O)CSC3=O)C2)cc1OC. The van der Waals surface area contributed by atoms with Gasteiger partial charge in [-0.1, -0.05) is 11.8 Å². The van der Waals surface area contributed by atoms with Crippen LogP contribution in [0, 0.1) is 0 Å². The lowest BCUT2D eigenvalue weighted by Crippen LogP contribution is -2.61. The Kier molecular flexibility index (Phi) is 4.45. The van der Waals surface area contributed by atoms with Gasteiger partial charge in [-0.15, -0.1) is 0 Å². The molecule has 2 amide bonds. The number of benzene rings is 1. The predicted molar refractivity (Wildman–Crippen MR) is 86.8 cm³/mol. The highest BCUT2D eigenvalue weighted by atomic mass is 32.2. The average Bonchev–Trinajstić information content (AvgIpc) is 2.85. The molecule has 3 rings (SSSR count). The van der Waals surface area contributed by atoms with Gasteiger partial charge in [0.25, 0.3) is 5.24 Å². The number of carbonyl (C=O) groups is 2. The molecule has 1 aromatic rings. The van der Waals surface area contributed by atoms with E-state index in [1.54, 1.807) is 0 Å². The molecule has 10 heteroatoms. The zero-order valence-corrected chi connectivity index (χ0v) is 14.7. The molecule has 2 heterocycles. The summed E-state index contributed by atoms with van der Waals surface area (Å²) in [6.07, 6.45) is 0. The van der Waals surface area contributed by atoms with E-state index in [0.717, 1.165) is 16.7 Å². The second kappa shape index (κ2) is 6.26. The fraction of sp³-hybridized carbons (Fsp3) is 0.429. The third-order valence-electron chi connectivity index (χ3n) is 3.97. The summed E-state index contributed by atoms with van der Waals surface area (Å²) in [5.74, 6) is 0.607. The maximum absolute atomic E-state index is 12.6. The Morgan fingerprint density at radius 3 is 2.33 bits per heavy atom. The first-order valence-corrected chi connectivity index (χ1v) is 9.52. The van der Waals surface area contributed by atoms with Gasteiger partial charge >= 0.3 is 0 Å². The van der Waals surface area contributed by atoms with Gasteiger partial charge in [0.05, 0.1) is 30.9 Å². The number of rotatable bonds is 5. The number of hydrogen-bond acceptors (Lipinski definition) is 7. The van der Waals surface area contributed by atoms with Crippen molar-refractivity contribution in [2.24, 2.45) is 0 Å². The van der Waals surface area contributed by atoms with Crippen molar-refractivity contribution in [3.8, 4) is 11.5 Å². The first kappa shape index (κ1) is 17.1. The maximum Gasteiger partial charge on any atom is 0.289 e. The van der Waals surface area contributed by atoms with Crippen LogP contribution in [0.3, 0.4) is 0 Å². The van der Waals surface area contributed by atoms with E-state index in [0.29, 0.717) is 11.5 Å². The van der Waals surface area contributed by atoms with Crippen molar-refractivity contribution in [2.75, 3.05) is 33.1 Å². The number of thioether (sulfide) groups is 1. The second-order valence-electron chi connectivity index (χ2n) is 5.31. The number of sulfonamides is 1. The smallest absolute Gasteiger partial charge is 0.289 e. The summed E-state index contributed by atoms with van der Waals surface area (Å²) in [5, 5.41) is -0.312. The summed E-state index contributed by atoms with van der Waals surface area (Å²) in [7, 11) is -0.822. The lowest BCUT2D eigenvalue weighted by atomic mass is 10.1. The summed E-state index contributed by atoms with van der Waals surface area (Å²) in [6, 6.07) is 3.96. The van der Waals surface area contributed by atoms with Crippen LogP contribution in [0.25, 0.3) is 0 Å². The number of amides is 2. The van der Waals surface area contributed by atoms with Gasteiger partial charge in [-0.3, -0.25) is 14.5 Å². The van der Waals surface area contributed by atoms with E-state index < -0.39 is 16.1 Å². The number of carbonyl (C=O) groups excluding carboxylic acids is 2. The van der Waals surface area contributed by atoms with Crippen LogP contribution < -0.4 is 9.47 Å². The molecule has 0 atom stereocenters. The minimum atomic E-state index is -3.72. The van der Waals surface area contributed by atoms with Gasteiger partial charge in [0.15, 0.2) is 11.5 Å². The summed E-state index contributed by atoms with van der Waals surface area (Å²) in [4.78, 5) is 24.6. The van der Waals surface area contributed by atoms with Crippen molar-refractivity contribution in [3.63, 3.8) is 0 Å². The Morgan fingerprint density at radius 2 is 1.79 bits per heavy atom. The van der Waals surface area contributed by atoms with Gasteiger partial charge in [-0.2, -0.15) is 4.31 Å². The first-order valence-electron chi connectivity index (χ1n) is 7.09. The maximum atomic E-state index is 12.6. The summed E-state index contributed by atoms with van der Waals surface area (Å²) >= 11 is 0.944. The quantitative estimate of drug-likeness (QED) is 0.754. The van der Waals surface area contributed by atoms with Gasteiger partial charge in [-0.05, 0) is 12.1 Å². The standard InChI is InChI=1S/C14H16N2O6S2/c1-21-11-4-3-10(5-12(11)22-2)24(19,20)15-6-9(7-15)16-13(17)8-23-14(16)18/h3-5,9H,6-8H2,1-2H3. The molecule has 2 aliphatic rings. The van der Waals surface area contributed by atoms with Gasteiger partial charge in [0.2, 0.25) is 15.9 Å². The van der Waals surface area contributed by atoms with Crippen LogP contribution in [0.2, 0.25) is 0 Å².